The summed E-state index contributed by atoms with van der Waals surface area (Å²) in [5.74, 6) is -0.285. The molecule has 3 rings (SSSR count). The minimum atomic E-state index is -0.285. The average molecular weight is 280 g/mol. The minimum Gasteiger partial charge on any atom is -0.462 e. The van der Waals surface area contributed by atoms with Crippen LogP contribution >= 0.6 is 0 Å². The monoisotopic (exact) mass is 280 g/mol. The van der Waals surface area contributed by atoms with E-state index in [9.17, 15) is 4.79 Å². The predicted molar refractivity (Wildman–Crippen MR) is 81.8 cm³/mol. The van der Waals surface area contributed by atoms with Crippen LogP contribution in [0.1, 0.15) is 22.8 Å². The molecule has 0 atom stereocenters. The highest BCUT2D eigenvalue weighted by molar-refractivity contribution is 5.92. The number of hydrogen-bond acceptors (Lipinski definition) is 3. The summed E-state index contributed by atoms with van der Waals surface area (Å²) in [6.07, 6.45) is 5.53. The van der Waals surface area contributed by atoms with Crippen LogP contribution in [0.4, 0.5) is 0 Å². The molecule has 0 radical (unpaired) electrons. The third-order valence-electron chi connectivity index (χ3n) is 3.43. The molecule has 0 amide bonds. The highest BCUT2D eigenvalue weighted by Crippen LogP contribution is 2.23. The van der Waals surface area contributed by atoms with Crippen LogP contribution < -0.4 is 0 Å². The van der Waals surface area contributed by atoms with Gasteiger partial charge in [0.05, 0.1) is 23.4 Å². The second-order valence-electron chi connectivity index (χ2n) is 4.83. The first-order chi connectivity index (χ1) is 10.2. The molecule has 0 spiro atoms. The van der Waals surface area contributed by atoms with Crippen LogP contribution in [0.25, 0.3) is 16.6 Å². The zero-order valence-corrected chi connectivity index (χ0v) is 12.0. The van der Waals surface area contributed by atoms with Gasteiger partial charge in [0.25, 0.3) is 0 Å². The molecular weight excluding hydrogens is 264 g/mol. The van der Waals surface area contributed by atoms with Gasteiger partial charge in [0.15, 0.2) is 0 Å². The molecule has 0 aliphatic heterocycles. The van der Waals surface area contributed by atoms with E-state index in [4.69, 9.17) is 4.74 Å². The Balaban J connectivity index is 2.12. The molecule has 0 saturated heterocycles. The number of benzene rings is 1. The molecule has 0 aliphatic carbocycles. The lowest BCUT2D eigenvalue weighted by atomic mass is 10.2. The summed E-state index contributed by atoms with van der Waals surface area (Å²) in [5, 5.41) is 1.05. The molecule has 0 fully saturated rings. The van der Waals surface area contributed by atoms with Gasteiger partial charge in [-0.25, -0.2) is 4.79 Å². The molecule has 106 valence electrons. The Morgan fingerprint density at radius 3 is 2.86 bits per heavy atom. The second kappa shape index (κ2) is 5.40. The Morgan fingerprint density at radius 2 is 2.05 bits per heavy atom. The fourth-order valence-corrected chi connectivity index (χ4v) is 2.42. The number of esters is 1. The van der Waals surface area contributed by atoms with Crippen molar-refractivity contribution < 1.29 is 9.53 Å². The van der Waals surface area contributed by atoms with E-state index in [0.717, 1.165) is 22.2 Å². The van der Waals surface area contributed by atoms with Crippen LogP contribution in [0.2, 0.25) is 0 Å². The van der Waals surface area contributed by atoms with Crippen molar-refractivity contribution in [3.8, 4) is 5.69 Å². The van der Waals surface area contributed by atoms with Gasteiger partial charge in [0.2, 0.25) is 0 Å². The van der Waals surface area contributed by atoms with E-state index in [2.05, 4.69) is 4.98 Å². The Bertz CT molecular complexity index is 800. The lowest BCUT2D eigenvalue weighted by Gasteiger charge is -2.06. The summed E-state index contributed by atoms with van der Waals surface area (Å²) in [6, 6.07) is 9.88. The van der Waals surface area contributed by atoms with Crippen molar-refractivity contribution in [1.29, 1.82) is 0 Å². The van der Waals surface area contributed by atoms with Gasteiger partial charge in [-0.3, -0.25) is 4.98 Å². The summed E-state index contributed by atoms with van der Waals surface area (Å²) in [6.45, 7) is 4.09. The number of hydrogen-bond donors (Lipinski definition) is 0. The first kappa shape index (κ1) is 13.4. The number of para-hydroxylation sites is 1. The summed E-state index contributed by atoms with van der Waals surface area (Å²) in [4.78, 5) is 16.3. The van der Waals surface area contributed by atoms with Crippen LogP contribution in [-0.4, -0.2) is 22.1 Å². The third-order valence-corrected chi connectivity index (χ3v) is 3.43. The molecule has 3 aromatic rings. The Morgan fingerprint density at radius 1 is 1.24 bits per heavy atom. The molecule has 1 aromatic carbocycles. The first-order valence-electron chi connectivity index (χ1n) is 6.90. The zero-order chi connectivity index (χ0) is 14.8. The maximum absolute atomic E-state index is 11.9. The normalized spacial score (nSPS) is 10.8. The fraction of sp³-hybridized carbons (Fsp3) is 0.176. The van der Waals surface area contributed by atoms with E-state index in [-0.39, 0.29) is 5.97 Å². The highest BCUT2D eigenvalue weighted by atomic mass is 16.5. The summed E-state index contributed by atoms with van der Waals surface area (Å²) >= 11 is 0. The second-order valence-corrected chi connectivity index (χ2v) is 4.83. The van der Waals surface area contributed by atoms with Crippen molar-refractivity contribution in [3.05, 3.63) is 60.0 Å². The molecule has 0 N–H and O–H groups in total. The molecule has 0 aliphatic rings. The molecule has 4 nitrogen and oxygen atoms in total. The van der Waals surface area contributed by atoms with Crippen LogP contribution in [0.5, 0.6) is 0 Å². The van der Waals surface area contributed by atoms with Gasteiger partial charge < -0.3 is 9.30 Å². The lowest BCUT2D eigenvalue weighted by Crippen LogP contribution is -2.04. The number of ether oxygens (including phenoxy) is 1. The van der Waals surface area contributed by atoms with E-state index in [1.54, 1.807) is 13.1 Å². The van der Waals surface area contributed by atoms with Gasteiger partial charge in [-0.05, 0) is 31.5 Å². The van der Waals surface area contributed by atoms with Crippen LogP contribution in [0.3, 0.4) is 0 Å². The standard InChI is InChI=1S/C17H16N2O2/c1-3-21-17(20)14-11-19(10-12(14)2)16-8-9-18-15-7-5-4-6-13(15)16/h4-11H,3H2,1-2H3. The minimum absolute atomic E-state index is 0.285. The van der Waals surface area contributed by atoms with E-state index in [1.165, 1.54) is 0 Å². The SMILES string of the molecule is CCOC(=O)c1cn(-c2ccnc3ccccc23)cc1C. The van der Waals surface area contributed by atoms with Crippen molar-refractivity contribution in [2.24, 2.45) is 0 Å². The van der Waals surface area contributed by atoms with E-state index in [0.29, 0.717) is 12.2 Å². The number of aromatic nitrogens is 2. The quantitative estimate of drug-likeness (QED) is 0.690. The number of rotatable bonds is 3. The largest absolute Gasteiger partial charge is 0.462 e. The van der Waals surface area contributed by atoms with Crippen LogP contribution in [-0.2, 0) is 4.74 Å². The van der Waals surface area contributed by atoms with Crippen molar-refractivity contribution >= 4 is 16.9 Å². The van der Waals surface area contributed by atoms with Crippen molar-refractivity contribution in [3.63, 3.8) is 0 Å². The average Bonchev–Trinajstić information content (AvgIpc) is 2.89. The van der Waals surface area contributed by atoms with Gasteiger partial charge in [-0.1, -0.05) is 18.2 Å². The summed E-state index contributed by atoms with van der Waals surface area (Å²) in [7, 11) is 0. The maximum Gasteiger partial charge on any atom is 0.339 e. The first-order valence-corrected chi connectivity index (χ1v) is 6.90. The van der Waals surface area contributed by atoms with Crippen molar-refractivity contribution in [1.82, 2.24) is 9.55 Å². The van der Waals surface area contributed by atoms with Crippen LogP contribution in [0.15, 0.2) is 48.9 Å². The summed E-state index contributed by atoms with van der Waals surface area (Å²) in [5.41, 5.74) is 3.42. The Labute approximate surface area is 123 Å². The molecule has 0 bridgehead atoms. The zero-order valence-electron chi connectivity index (χ0n) is 12.0. The number of nitrogens with zero attached hydrogens (tertiary/aromatic N) is 2. The third kappa shape index (κ3) is 2.40. The number of pyridine rings is 1. The lowest BCUT2D eigenvalue weighted by molar-refractivity contribution is 0.0525. The smallest absolute Gasteiger partial charge is 0.339 e. The maximum atomic E-state index is 11.9. The van der Waals surface area contributed by atoms with E-state index in [1.807, 2.05) is 54.2 Å². The van der Waals surface area contributed by atoms with Crippen LogP contribution in [0, 0.1) is 6.92 Å². The molecule has 0 saturated carbocycles. The van der Waals surface area contributed by atoms with Gasteiger partial charge in [0, 0.05) is 24.0 Å². The van der Waals surface area contributed by atoms with Crippen molar-refractivity contribution in [2.45, 2.75) is 13.8 Å². The molecular formula is C17H16N2O2. The molecule has 2 heterocycles. The molecule has 0 unspecified atom stereocenters. The van der Waals surface area contributed by atoms with E-state index < -0.39 is 0 Å². The predicted octanol–water partition coefficient (Wildman–Crippen LogP) is 3.51. The number of aryl methyl sites for hydroxylation is 1. The van der Waals surface area contributed by atoms with Gasteiger partial charge in [-0.15, -0.1) is 0 Å². The molecule has 4 heteroatoms. The molecule has 21 heavy (non-hydrogen) atoms. The highest BCUT2D eigenvalue weighted by Gasteiger charge is 2.14. The number of fused-ring (bicyclic) bond motifs is 1. The van der Waals surface area contributed by atoms with Gasteiger partial charge >= 0.3 is 5.97 Å². The topological polar surface area (TPSA) is 44.1 Å². The number of carbonyl (C=O) groups is 1. The summed E-state index contributed by atoms with van der Waals surface area (Å²) < 4.78 is 7.03. The fourth-order valence-electron chi connectivity index (χ4n) is 2.42. The van der Waals surface area contributed by atoms with Gasteiger partial charge in [-0.2, -0.15) is 0 Å². The molecule has 2 aromatic heterocycles. The van der Waals surface area contributed by atoms with Crippen molar-refractivity contribution in [2.75, 3.05) is 6.61 Å². The van der Waals surface area contributed by atoms with Gasteiger partial charge in [0.1, 0.15) is 0 Å². The Hall–Kier alpha value is -2.62. The Kier molecular flexibility index (Phi) is 3.44. The number of carbonyl (C=O) groups excluding carboxylic acids is 1. The van der Waals surface area contributed by atoms with E-state index >= 15 is 0 Å².